The maximum absolute atomic E-state index is 5.92. The summed E-state index contributed by atoms with van der Waals surface area (Å²) in [4.78, 5) is 0. The molecule has 1 unspecified atom stereocenters. The lowest BCUT2D eigenvalue weighted by atomic mass is 9.82. The predicted octanol–water partition coefficient (Wildman–Crippen LogP) is 4.73. The molecule has 0 aliphatic carbocycles. The van der Waals surface area contributed by atoms with Gasteiger partial charge in [0.2, 0.25) is 0 Å². The van der Waals surface area contributed by atoms with Crippen molar-refractivity contribution in [2.75, 3.05) is 12.4 Å². The summed E-state index contributed by atoms with van der Waals surface area (Å²) in [6.07, 6.45) is 0. The number of rotatable bonds is 4. The Balaban J connectivity index is 2.69. The largest absolute Gasteiger partial charge is 0.493 e. The first-order valence-electron chi connectivity index (χ1n) is 5.84. The van der Waals surface area contributed by atoms with E-state index in [0.717, 1.165) is 16.0 Å². The number of halogens is 1. The molecule has 1 aromatic carbocycles. The lowest BCUT2D eigenvalue weighted by Crippen LogP contribution is -2.28. The normalized spacial score (nSPS) is 13.5. The van der Waals surface area contributed by atoms with Crippen molar-refractivity contribution in [3.63, 3.8) is 0 Å². The molecule has 96 valence electrons. The van der Waals surface area contributed by atoms with E-state index >= 15 is 0 Å². The number of aryl methyl sites for hydroxylation is 1. The molecule has 0 amide bonds. The van der Waals surface area contributed by atoms with Crippen LogP contribution in [0.2, 0.25) is 0 Å². The number of ether oxygens (including phenoxy) is 1. The van der Waals surface area contributed by atoms with Gasteiger partial charge in [-0.2, -0.15) is 12.6 Å². The monoisotopic (exact) mass is 316 g/mol. The first-order chi connectivity index (χ1) is 7.84. The van der Waals surface area contributed by atoms with Crippen LogP contribution >= 0.6 is 28.6 Å². The van der Waals surface area contributed by atoms with Gasteiger partial charge in [-0.1, -0.05) is 42.8 Å². The van der Waals surface area contributed by atoms with Crippen molar-refractivity contribution in [3.8, 4) is 5.75 Å². The molecule has 0 radical (unpaired) electrons. The number of hydrogen-bond acceptors (Lipinski definition) is 2. The molecule has 0 aliphatic rings. The van der Waals surface area contributed by atoms with Crippen LogP contribution in [-0.4, -0.2) is 12.4 Å². The second-order valence-electron chi connectivity index (χ2n) is 5.47. The van der Waals surface area contributed by atoms with Gasteiger partial charge in [0.05, 0.1) is 6.61 Å². The predicted molar refractivity (Wildman–Crippen MR) is 81.2 cm³/mol. The molecule has 0 aromatic heterocycles. The first kappa shape index (κ1) is 14.9. The summed E-state index contributed by atoms with van der Waals surface area (Å²) in [6, 6.07) is 6.11. The highest BCUT2D eigenvalue weighted by atomic mass is 79.9. The molecule has 1 rings (SSSR count). The van der Waals surface area contributed by atoms with Crippen molar-refractivity contribution in [1.82, 2.24) is 0 Å². The molecular weight excluding hydrogens is 296 g/mol. The highest BCUT2D eigenvalue weighted by molar-refractivity contribution is 9.10. The Kier molecular flexibility index (Phi) is 5.39. The summed E-state index contributed by atoms with van der Waals surface area (Å²) in [5, 5.41) is 0. The average Bonchev–Trinajstić information content (AvgIpc) is 2.22. The van der Waals surface area contributed by atoms with E-state index in [-0.39, 0.29) is 5.41 Å². The van der Waals surface area contributed by atoms with Crippen molar-refractivity contribution in [1.29, 1.82) is 0 Å². The fraction of sp³-hybridized carbons (Fsp3) is 0.571. The molecule has 0 saturated heterocycles. The molecule has 17 heavy (non-hydrogen) atoms. The highest BCUT2D eigenvalue weighted by Crippen LogP contribution is 2.29. The Bertz CT molecular complexity index is 371. The van der Waals surface area contributed by atoms with Crippen molar-refractivity contribution in [2.24, 2.45) is 11.3 Å². The standard InChI is InChI=1S/C14H21BrOS/c1-10-5-6-12(15)7-13(10)16-8-11(9-17)14(2,3)4/h5-7,11,17H,8-9H2,1-4H3. The zero-order valence-corrected chi connectivity index (χ0v) is 13.4. The minimum absolute atomic E-state index is 0.224. The Morgan fingerprint density at radius 3 is 2.53 bits per heavy atom. The lowest BCUT2D eigenvalue weighted by molar-refractivity contribution is 0.164. The molecule has 0 spiro atoms. The molecule has 1 aromatic rings. The zero-order chi connectivity index (χ0) is 13.1. The van der Waals surface area contributed by atoms with Crippen LogP contribution in [0.15, 0.2) is 22.7 Å². The summed E-state index contributed by atoms with van der Waals surface area (Å²) in [5.41, 5.74) is 1.39. The first-order valence-corrected chi connectivity index (χ1v) is 7.27. The van der Waals surface area contributed by atoms with Crippen molar-refractivity contribution < 1.29 is 4.74 Å². The third-order valence-electron chi connectivity index (χ3n) is 3.04. The van der Waals surface area contributed by atoms with E-state index in [1.165, 1.54) is 5.56 Å². The minimum Gasteiger partial charge on any atom is -0.493 e. The quantitative estimate of drug-likeness (QED) is 0.790. The highest BCUT2D eigenvalue weighted by Gasteiger charge is 2.24. The Hall–Kier alpha value is -0.150. The van der Waals surface area contributed by atoms with Crippen LogP contribution in [0.25, 0.3) is 0 Å². The third kappa shape index (κ3) is 4.55. The van der Waals surface area contributed by atoms with Crippen LogP contribution in [0, 0.1) is 18.3 Å². The van der Waals surface area contributed by atoms with Crippen LogP contribution in [0.5, 0.6) is 5.75 Å². The van der Waals surface area contributed by atoms with E-state index in [4.69, 9.17) is 4.74 Å². The van der Waals surface area contributed by atoms with Gasteiger partial charge in [-0.15, -0.1) is 0 Å². The van der Waals surface area contributed by atoms with E-state index in [2.05, 4.69) is 62.3 Å². The van der Waals surface area contributed by atoms with Crippen molar-refractivity contribution >= 4 is 28.6 Å². The van der Waals surface area contributed by atoms with Gasteiger partial charge >= 0.3 is 0 Å². The number of thiol groups is 1. The maximum atomic E-state index is 5.92. The Morgan fingerprint density at radius 2 is 2.00 bits per heavy atom. The van der Waals surface area contributed by atoms with Gasteiger partial charge in [0.1, 0.15) is 5.75 Å². The molecular formula is C14H21BrOS. The van der Waals surface area contributed by atoms with Gasteiger partial charge in [0.25, 0.3) is 0 Å². The van der Waals surface area contributed by atoms with Crippen LogP contribution in [-0.2, 0) is 0 Å². The topological polar surface area (TPSA) is 9.23 Å². The van der Waals surface area contributed by atoms with Crippen LogP contribution in [0.1, 0.15) is 26.3 Å². The molecule has 0 saturated carbocycles. The summed E-state index contributed by atoms with van der Waals surface area (Å²) in [5.74, 6) is 2.25. The SMILES string of the molecule is Cc1ccc(Br)cc1OCC(CS)C(C)(C)C. The summed E-state index contributed by atoms with van der Waals surface area (Å²) in [7, 11) is 0. The van der Waals surface area contributed by atoms with Crippen LogP contribution < -0.4 is 4.74 Å². The smallest absolute Gasteiger partial charge is 0.123 e. The van der Waals surface area contributed by atoms with Crippen LogP contribution in [0.3, 0.4) is 0 Å². The molecule has 1 atom stereocenters. The number of hydrogen-bond donors (Lipinski definition) is 1. The van der Waals surface area contributed by atoms with E-state index in [1.54, 1.807) is 0 Å². The summed E-state index contributed by atoms with van der Waals surface area (Å²) < 4.78 is 6.97. The molecule has 0 aliphatic heterocycles. The van der Waals surface area contributed by atoms with E-state index < -0.39 is 0 Å². The molecule has 3 heteroatoms. The maximum Gasteiger partial charge on any atom is 0.123 e. The fourth-order valence-corrected chi connectivity index (χ4v) is 2.49. The van der Waals surface area contributed by atoms with E-state index in [1.807, 2.05) is 12.1 Å². The second kappa shape index (κ2) is 6.14. The van der Waals surface area contributed by atoms with Gasteiger partial charge in [-0.3, -0.25) is 0 Å². The molecule has 1 nitrogen and oxygen atoms in total. The van der Waals surface area contributed by atoms with E-state index in [9.17, 15) is 0 Å². The second-order valence-corrected chi connectivity index (χ2v) is 6.75. The third-order valence-corrected chi connectivity index (χ3v) is 3.97. The molecule has 0 bridgehead atoms. The molecule has 0 fully saturated rings. The average molecular weight is 317 g/mol. The minimum atomic E-state index is 0.224. The van der Waals surface area contributed by atoms with Gasteiger partial charge in [0, 0.05) is 10.4 Å². The molecule has 0 N–H and O–H groups in total. The number of benzene rings is 1. The van der Waals surface area contributed by atoms with Gasteiger partial charge in [-0.25, -0.2) is 0 Å². The Labute approximate surface area is 118 Å². The van der Waals surface area contributed by atoms with Crippen LogP contribution in [0.4, 0.5) is 0 Å². The van der Waals surface area contributed by atoms with Crippen molar-refractivity contribution in [3.05, 3.63) is 28.2 Å². The van der Waals surface area contributed by atoms with Gasteiger partial charge in [0.15, 0.2) is 0 Å². The van der Waals surface area contributed by atoms with Crippen molar-refractivity contribution in [2.45, 2.75) is 27.7 Å². The summed E-state index contributed by atoms with van der Waals surface area (Å²) >= 11 is 7.88. The van der Waals surface area contributed by atoms with E-state index in [0.29, 0.717) is 12.5 Å². The Morgan fingerprint density at radius 1 is 1.35 bits per heavy atom. The summed E-state index contributed by atoms with van der Waals surface area (Å²) in [6.45, 7) is 9.46. The fourth-order valence-electron chi connectivity index (χ4n) is 1.50. The lowest BCUT2D eigenvalue weighted by Gasteiger charge is -2.29. The molecule has 0 heterocycles. The van der Waals surface area contributed by atoms with Gasteiger partial charge < -0.3 is 4.74 Å². The zero-order valence-electron chi connectivity index (χ0n) is 11.0. The van der Waals surface area contributed by atoms with Gasteiger partial charge in [-0.05, 0) is 35.8 Å².